The highest BCUT2D eigenvalue weighted by Crippen LogP contribution is 2.40. The lowest BCUT2D eigenvalue weighted by molar-refractivity contribution is 0.562. The van der Waals surface area contributed by atoms with E-state index in [1.54, 1.807) is 6.20 Å². The summed E-state index contributed by atoms with van der Waals surface area (Å²) in [5.74, 6) is -1.35. The van der Waals surface area contributed by atoms with Gasteiger partial charge in [-0.2, -0.15) is 9.97 Å². The normalized spacial score (nSPS) is 14.1. The van der Waals surface area contributed by atoms with Gasteiger partial charge in [0.1, 0.15) is 16.7 Å². The summed E-state index contributed by atoms with van der Waals surface area (Å²) < 4.78 is 34.0. The van der Waals surface area contributed by atoms with E-state index in [0.29, 0.717) is 5.92 Å². The molecule has 1 aliphatic carbocycles. The fourth-order valence-corrected chi connectivity index (χ4v) is 2.89. The summed E-state index contributed by atoms with van der Waals surface area (Å²) in [5, 5.41) is -0.603. The average molecular weight is 364 g/mol. The quantitative estimate of drug-likeness (QED) is 0.660. The Morgan fingerprint density at radius 3 is 2.60 bits per heavy atom. The van der Waals surface area contributed by atoms with E-state index in [1.165, 1.54) is 4.57 Å². The predicted octanol–water partition coefficient (Wildman–Crippen LogP) is 4.00. The summed E-state index contributed by atoms with van der Waals surface area (Å²) in [5.41, 5.74) is 1.21. The van der Waals surface area contributed by atoms with Gasteiger partial charge in [-0.3, -0.25) is 0 Å². The van der Waals surface area contributed by atoms with Crippen molar-refractivity contribution in [3.8, 4) is 17.1 Å². The van der Waals surface area contributed by atoms with Crippen LogP contribution in [0.3, 0.4) is 0 Å². The Labute approximate surface area is 145 Å². The first kappa shape index (κ1) is 16.0. The number of oxazole rings is 1. The van der Waals surface area contributed by atoms with Crippen molar-refractivity contribution in [1.29, 1.82) is 0 Å². The molecule has 1 aromatic carbocycles. The van der Waals surface area contributed by atoms with Crippen LogP contribution in [0, 0.1) is 18.6 Å². The first-order chi connectivity index (χ1) is 12.0. The lowest BCUT2D eigenvalue weighted by Crippen LogP contribution is -2.24. The van der Waals surface area contributed by atoms with Crippen LogP contribution in [-0.2, 0) is 0 Å². The number of aromatic nitrogens is 3. The molecule has 0 radical (unpaired) electrons. The SMILES string of the molecule is Cc1cn(-c2ncoc2-c2cc(F)c(Cl)c(F)c2)c(=O)nc1C1CC1. The van der Waals surface area contributed by atoms with E-state index in [-0.39, 0.29) is 17.1 Å². The van der Waals surface area contributed by atoms with Crippen molar-refractivity contribution in [1.82, 2.24) is 14.5 Å². The largest absolute Gasteiger partial charge is 0.441 e. The molecule has 2 heterocycles. The number of hydrogen-bond acceptors (Lipinski definition) is 4. The standard InChI is InChI=1S/C17H12ClF2N3O2/c1-8-6-23(17(24)22-14(8)9-2-3-9)16-15(25-7-21-16)10-4-11(19)13(18)12(20)5-10/h4-7,9H,2-3H2,1H3. The highest BCUT2D eigenvalue weighted by molar-refractivity contribution is 6.31. The molecule has 1 aliphatic rings. The highest BCUT2D eigenvalue weighted by Gasteiger charge is 2.28. The summed E-state index contributed by atoms with van der Waals surface area (Å²) in [6.07, 6.45) is 4.77. The zero-order valence-electron chi connectivity index (χ0n) is 13.1. The van der Waals surface area contributed by atoms with Gasteiger partial charge in [-0.25, -0.2) is 18.1 Å². The van der Waals surface area contributed by atoms with Gasteiger partial charge in [-0.1, -0.05) is 11.6 Å². The van der Waals surface area contributed by atoms with Crippen LogP contribution in [-0.4, -0.2) is 14.5 Å². The minimum Gasteiger partial charge on any atom is -0.441 e. The molecule has 3 aromatic rings. The molecule has 2 aromatic heterocycles. The van der Waals surface area contributed by atoms with Crippen LogP contribution in [0.15, 0.2) is 33.9 Å². The van der Waals surface area contributed by atoms with Crippen LogP contribution in [0.1, 0.15) is 30.0 Å². The van der Waals surface area contributed by atoms with Crippen LogP contribution < -0.4 is 5.69 Å². The molecule has 4 rings (SSSR count). The third kappa shape index (κ3) is 2.74. The lowest BCUT2D eigenvalue weighted by atomic mass is 10.1. The molecule has 8 heteroatoms. The van der Waals surface area contributed by atoms with E-state index >= 15 is 0 Å². The molecule has 25 heavy (non-hydrogen) atoms. The number of hydrogen-bond donors (Lipinski definition) is 0. The fraction of sp³-hybridized carbons (Fsp3) is 0.235. The molecule has 0 aliphatic heterocycles. The van der Waals surface area contributed by atoms with Gasteiger partial charge in [0.2, 0.25) is 0 Å². The molecule has 1 fully saturated rings. The maximum Gasteiger partial charge on any atom is 0.353 e. The lowest BCUT2D eigenvalue weighted by Gasteiger charge is -2.09. The third-order valence-corrected chi connectivity index (χ3v) is 4.50. The molecule has 0 saturated heterocycles. The first-order valence-corrected chi connectivity index (χ1v) is 8.02. The van der Waals surface area contributed by atoms with Crippen molar-refractivity contribution in [3.05, 3.63) is 63.1 Å². The summed E-state index contributed by atoms with van der Waals surface area (Å²) >= 11 is 5.51. The number of aryl methyl sites for hydroxylation is 1. The van der Waals surface area contributed by atoms with Crippen molar-refractivity contribution in [2.45, 2.75) is 25.7 Å². The molecule has 0 bridgehead atoms. The smallest absolute Gasteiger partial charge is 0.353 e. The summed E-state index contributed by atoms with van der Waals surface area (Å²) in [4.78, 5) is 20.5. The number of nitrogens with zero attached hydrogens (tertiary/aromatic N) is 3. The Morgan fingerprint density at radius 2 is 1.96 bits per heavy atom. The monoisotopic (exact) mass is 363 g/mol. The maximum absolute atomic E-state index is 13.7. The predicted molar refractivity (Wildman–Crippen MR) is 87.0 cm³/mol. The second-order valence-electron chi connectivity index (χ2n) is 5.99. The highest BCUT2D eigenvalue weighted by atomic mass is 35.5. The van der Waals surface area contributed by atoms with Crippen molar-refractivity contribution < 1.29 is 13.2 Å². The van der Waals surface area contributed by atoms with Crippen LogP contribution >= 0.6 is 11.6 Å². The Balaban J connectivity index is 1.86. The van der Waals surface area contributed by atoms with Crippen molar-refractivity contribution in [2.75, 3.05) is 0 Å². The Kier molecular flexibility index (Phi) is 3.68. The molecule has 1 saturated carbocycles. The minimum absolute atomic E-state index is 0.0527. The number of halogens is 3. The Hall–Kier alpha value is -2.54. The van der Waals surface area contributed by atoms with Crippen LogP contribution in [0.4, 0.5) is 8.78 Å². The van der Waals surface area contributed by atoms with Gasteiger partial charge in [-0.05, 0) is 37.5 Å². The van der Waals surface area contributed by atoms with Gasteiger partial charge in [-0.15, -0.1) is 0 Å². The molecule has 5 nitrogen and oxygen atoms in total. The Morgan fingerprint density at radius 1 is 1.28 bits per heavy atom. The topological polar surface area (TPSA) is 60.9 Å². The molecule has 0 atom stereocenters. The van der Waals surface area contributed by atoms with Crippen molar-refractivity contribution in [2.24, 2.45) is 0 Å². The minimum atomic E-state index is -0.926. The van der Waals surface area contributed by atoms with Crippen LogP contribution in [0.5, 0.6) is 0 Å². The van der Waals surface area contributed by atoms with Gasteiger partial charge in [0.05, 0.1) is 5.69 Å². The molecule has 0 unspecified atom stereocenters. The molecule has 0 amide bonds. The second-order valence-corrected chi connectivity index (χ2v) is 6.37. The van der Waals surface area contributed by atoms with E-state index in [1.807, 2.05) is 6.92 Å². The summed E-state index contributed by atoms with van der Waals surface area (Å²) in [6.45, 7) is 1.86. The van der Waals surface area contributed by atoms with E-state index < -0.39 is 22.3 Å². The number of rotatable bonds is 3. The van der Waals surface area contributed by atoms with Gasteiger partial charge in [0, 0.05) is 17.7 Å². The van der Waals surface area contributed by atoms with Crippen molar-refractivity contribution >= 4 is 11.6 Å². The first-order valence-electron chi connectivity index (χ1n) is 7.64. The second kappa shape index (κ2) is 5.77. The van der Waals surface area contributed by atoms with E-state index in [4.69, 9.17) is 16.0 Å². The average Bonchev–Trinajstić information content (AvgIpc) is 3.30. The van der Waals surface area contributed by atoms with Crippen LogP contribution in [0.25, 0.3) is 17.1 Å². The Bertz CT molecular complexity index is 1020. The zero-order valence-corrected chi connectivity index (χ0v) is 13.8. The van der Waals surface area contributed by atoms with Gasteiger partial charge >= 0.3 is 5.69 Å². The summed E-state index contributed by atoms with van der Waals surface area (Å²) in [7, 11) is 0. The number of benzene rings is 1. The zero-order chi connectivity index (χ0) is 17.7. The summed E-state index contributed by atoms with van der Waals surface area (Å²) in [6, 6.07) is 2.05. The van der Waals surface area contributed by atoms with Gasteiger partial charge in [0.25, 0.3) is 0 Å². The molecule has 0 spiro atoms. The van der Waals surface area contributed by atoms with Gasteiger partial charge in [0.15, 0.2) is 18.0 Å². The third-order valence-electron chi connectivity index (χ3n) is 4.14. The van der Waals surface area contributed by atoms with E-state index in [9.17, 15) is 13.6 Å². The van der Waals surface area contributed by atoms with Crippen molar-refractivity contribution in [3.63, 3.8) is 0 Å². The van der Waals surface area contributed by atoms with E-state index in [0.717, 1.165) is 42.6 Å². The molecule has 128 valence electrons. The molecular formula is C17H12ClF2N3O2. The van der Waals surface area contributed by atoms with E-state index in [2.05, 4.69) is 9.97 Å². The fourth-order valence-electron chi connectivity index (χ4n) is 2.78. The van der Waals surface area contributed by atoms with Gasteiger partial charge < -0.3 is 4.42 Å². The van der Waals surface area contributed by atoms with Crippen LogP contribution in [0.2, 0.25) is 5.02 Å². The maximum atomic E-state index is 13.7. The molecular weight excluding hydrogens is 352 g/mol. The molecule has 0 N–H and O–H groups in total.